The van der Waals surface area contributed by atoms with Crippen LogP contribution in [-0.4, -0.2) is 54.8 Å². The zero-order valence-corrected chi connectivity index (χ0v) is 13.9. The molecule has 0 aromatic heterocycles. The SMILES string of the molecule is COc1ccc2c(c1)CCC[C@@H]2CC(=O)N1CCOC[C@@H]1C(=O)O. The van der Waals surface area contributed by atoms with Crippen LogP contribution in [0.25, 0.3) is 0 Å². The molecule has 0 unspecified atom stereocenters. The van der Waals surface area contributed by atoms with Crippen LogP contribution < -0.4 is 4.74 Å². The molecular formula is C18H23NO5. The Labute approximate surface area is 141 Å². The second kappa shape index (κ2) is 7.21. The van der Waals surface area contributed by atoms with Gasteiger partial charge in [0.05, 0.1) is 20.3 Å². The van der Waals surface area contributed by atoms with Gasteiger partial charge in [-0.2, -0.15) is 0 Å². The maximum atomic E-state index is 12.7. The largest absolute Gasteiger partial charge is 0.497 e. The minimum Gasteiger partial charge on any atom is -0.497 e. The molecule has 0 bridgehead atoms. The summed E-state index contributed by atoms with van der Waals surface area (Å²) < 4.78 is 10.5. The maximum Gasteiger partial charge on any atom is 0.328 e. The standard InChI is InChI=1S/C18H23NO5/c1-23-14-5-6-15-12(9-14)3-2-4-13(15)10-17(20)19-7-8-24-11-16(19)18(21)22/h5-6,9,13,16H,2-4,7-8,10-11H2,1H3,(H,21,22)/t13-,16-/m1/s1. The van der Waals surface area contributed by atoms with Gasteiger partial charge in [-0.05, 0) is 48.4 Å². The molecule has 1 fully saturated rings. The van der Waals surface area contributed by atoms with E-state index in [4.69, 9.17) is 9.47 Å². The number of carbonyl (C=O) groups is 2. The van der Waals surface area contributed by atoms with Crippen molar-refractivity contribution in [2.24, 2.45) is 0 Å². The molecule has 2 atom stereocenters. The summed E-state index contributed by atoms with van der Waals surface area (Å²) in [7, 11) is 1.65. The summed E-state index contributed by atoms with van der Waals surface area (Å²) in [5.41, 5.74) is 2.42. The normalized spacial score (nSPS) is 23.5. The number of carboxylic acid groups (broad SMARTS) is 1. The monoisotopic (exact) mass is 333 g/mol. The fraction of sp³-hybridized carbons (Fsp3) is 0.556. The van der Waals surface area contributed by atoms with Gasteiger partial charge in [0.15, 0.2) is 6.04 Å². The molecule has 2 aliphatic rings. The lowest BCUT2D eigenvalue weighted by Gasteiger charge is -2.34. The molecule has 0 spiro atoms. The summed E-state index contributed by atoms with van der Waals surface area (Å²) >= 11 is 0. The van der Waals surface area contributed by atoms with E-state index in [0.717, 1.165) is 25.0 Å². The van der Waals surface area contributed by atoms with Crippen molar-refractivity contribution in [1.29, 1.82) is 0 Å². The van der Waals surface area contributed by atoms with Crippen LogP contribution in [0.5, 0.6) is 5.75 Å². The van der Waals surface area contributed by atoms with Gasteiger partial charge in [-0.3, -0.25) is 4.79 Å². The third-order valence-electron chi connectivity index (χ3n) is 4.94. The van der Waals surface area contributed by atoms with E-state index in [1.54, 1.807) is 7.11 Å². The van der Waals surface area contributed by atoms with Gasteiger partial charge in [0.2, 0.25) is 5.91 Å². The van der Waals surface area contributed by atoms with Gasteiger partial charge in [0.1, 0.15) is 5.75 Å². The predicted octanol–water partition coefficient (Wildman–Crippen LogP) is 1.82. The second-order valence-electron chi connectivity index (χ2n) is 6.37. The van der Waals surface area contributed by atoms with Crippen molar-refractivity contribution in [2.75, 3.05) is 26.9 Å². The number of carbonyl (C=O) groups excluding carboxylic acids is 1. The minimum absolute atomic E-state index is 0.0690. The average molecular weight is 333 g/mol. The van der Waals surface area contributed by atoms with Crippen molar-refractivity contribution in [3.05, 3.63) is 29.3 Å². The molecular weight excluding hydrogens is 310 g/mol. The Balaban J connectivity index is 1.74. The van der Waals surface area contributed by atoms with E-state index in [2.05, 4.69) is 0 Å². The molecule has 3 rings (SSSR count). The number of ether oxygens (including phenoxy) is 2. The number of aliphatic carboxylic acids is 1. The molecule has 130 valence electrons. The van der Waals surface area contributed by atoms with Crippen molar-refractivity contribution in [2.45, 2.75) is 37.6 Å². The number of rotatable bonds is 4. The van der Waals surface area contributed by atoms with Gasteiger partial charge in [0.25, 0.3) is 0 Å². The van der Waals surface area contributed by atoms with E-state index < -0.39 is 12.0 Å². The summed E-state index contributed by atoms with van der Waals surface area (Å²) in [5.74, 6) is -0.125. The van der Waals surface area contributed by atoms with Gasteiger partial charge < -0.3 is 19.5 Å². The predicted molar refractivity (Wildman–Crippen MR) is 87.2 cm³/mol. The lowest BCUT2D eigenvalue weighted by Crippen LogP contribution is -2.52. The van der Waals surface area contributed by atoms with Crippen LogP contribution in [0.1, 0.15) is 36.3 Å². The third-order valence-corrected chi connectivity index (χ3v) is 4.94. The lowest BCUT2D eigenvalue weighted by molar-refractivity contribution is -0.158. The summed E-state index contributed by atoms with van der Waals surface area (Å²) in [4.78, 5) is 25.5. The Morgan fingerprint density at radius 3 is 3.00 bits per heavy atom. The molecule has 1 N–H and O–H groups in total. The smallest absolute Gasteiger partial charge is 0.328 e. The van der Waals surface area contributed by atoms with Crippen molar-refractivity contribution >= 4 is 11.9 Å². The first-order valence-corrected chi connectivity index (χ1v) is 8.37. The van der Waals surface area contributed by atoms with Crippen LogP contribution in [-0.2, 0) is 20.7 Å². The van der Waals surface area contributed by atoms with Crippen LogP contribution in [0.15, 0.2) is 18.2 Å². The molecule has 1 amide bonds. The summed E-state index contributed by atoms with van der Waals surface area (Å²) in [5, 5.41) is 9.29. The Bertz CT molecular complexity index is 630. The zero-order chi connectivity index (χ0) is 17.1. The number of amides is 1. The molecule has 6 nitrogen and oxygen atoms in total. The van der Waals surface area contributed by atoms with Crippen LogP contribution in [0.3, 0.4) is 0 Å². The van der Waals surface area contributed by atoms with Crippen molar-refractivity contribution in [3.8, 4) is 5.75 Å². The number of carboxylic acids is 1. The number of hydrogen-bond donors (Lipinski definition) is 1. The van der Waals surface area contributed by atoms with E-state index in [9.17, 15) is 14.7 Å². The van der Waals surface area contributed by atoms with Gasteiger partial charge in [-0.25, -0.2) is 4.79 Å². The Kier molecular flexibility index (Phi) is 5.04. The average Bonchev–Trinajstić information content (AvgIpc) is 2.61. The van der Waals surface area contributed by atoms with Crippen molar-refractivity contribution in [1.82, 2.24) is 4.90 Å². The molecule has 0 saturated carbocycles. The molecule has 1 aromatic rings. The number of benzene rings is 1. The fourth-order valence-electron chi connectivity index (χ4n) is 3.67. The van der Waals surface area contributed by atoms with Crippen LogP contribution in [0, 0.1) is 0 Å². The molecule has 24 heavy (non-hydrogen) atoms. The first kappa shape index (κ1) is 16.8. The van der Waals surface area contributed by atoms with E-state index in [1.807, 2.05) is 18.2 Å². The van der Waals surface area contributed by atoms with E-state index >= 15 is 0 Å². The minimum atomic E-state index is -1.00. The lowest BCUT2D eigenvalue weighted by atomic mass is 9.80. The summed E-state index contributed by atoms with van der Waals surface area (Å²) in [6.45, 7) is 0.811. The molecule has 6 heteroatoms. The molecule has 1 aromatic carbocycles. The Morgan fingerprint density at radius 1 is 1.42 bits per heavy atom. The maximum absolute atomic E-state index is 12.7. The first-order valence-electron chi connectivity index (χ1n) is 8.37. The Hall–Kier alpha value is -2.08. The van der Waals surface area contributed by atoms with E-state index in [0.29, 0.717) is 19.6 Å². The fourth-order valence-corrected chi connectivity index (χ4v) is 3.67. The molecule has 1 heterocycles. The van der Waals surface area contributed by atoms with Crippen LogP contribution in [0.4, 0.5) is 0 Å². The van der Waals surface area contributed by atoms with E-state index in [-0.39, 0.29) is 18.4 Å². The summed E-state index contributed by atoms with van der Waals surface area (Å²) in [6, 6.07) is 5.14. The number of aryl methyl sites for hydroxylation is 1. The highest BCUT2D eigenvalue weighted by Crippen LogP contribution is 2.36. The first-order chi connectivity index (χ1) is 11.6. The zero-order valence-electron chi connectivity index (χ0n) is 13.9. The summed E-state index contributed by atoms with van der Waals surface area (Å²) in [6.07, 6.45) is 3.33. The van der Waals surface area contributed by atoms with Gasteiger partial charge in [0, 0.05) is 13.0 Å². The highest BCUT2D eigenvalue weighted by Gasteiger charge is 2.34. The third kappa shape index (κ3) is 3.38. The van der Waals surface area contributed by atoms with Crippen molar-refractivity contribution < 1.29 is 24.2 Å². The van der Waals surface area contributed by atoms with Crippen LogP contribution >= 0.6 is 0 Å². The van der Waals surface area contributed by atoms with Gasteiger partial charge >= 0.3 is 5.97 Å². The topological polar surface area (TPSA) is 76.1 Å². The Morgan fingerprint density at radius 2 is 2.25 bits per heavy atom. The highest BCUT2D eigenvalue weighted by atomic mass is 16.5. The molecule has 0 radical (unpaired) electrons. The number of morpholine rings is 1. The number of fused-ring (bicyclic) bond motifs is 1. The molecule has 1 aliphatic heterocycles. The quantitative estimate of drug-likeness (QED) is 0.909. The number of methoxy groups -OCH3 is 1. The van der Waals surface area contributed by atoms with Gasteiger partial charge in [-0.15, -0.1) is 0 Å². The molecule has 1 aliphatic carbocycles. The van der Waals surface area contributed by atoms with Gasteiger partial charge in [-0.1, -0.05) is 6.07 Å². The van der Waals surface area contributed by atoms with E-state index in [1.165, 1.54) is 16.0 Å². The van der Waals surface area contributed by atoms with Crippen LogP contribution in [0.2, 0.25) is 0 Å². The van der Waals surface area contributed by atoms with Crippen molar-refractivity contribution in [3.63, 3.8) is 0 Å². The second-order valence-corrected chi connectivity index (χ2v) is 6.37. The number of hydrogen-bond acceptors (Lipinski definition) is 4. The number of nitrogens with zero attached hydrogens (tertiary/aromatic N) is 1. The molecule has 1 saturated heterocycles. The highest BCUT2D eigenvalue weighted by molar-refractivity contribution is 5.84.